The molecule has 0 spiro atoms. The molecule has 1 fully saturated rings. The van der Waals surface area contributed by atoms with Gasteiger partial charge >= 0.3 is 11.8 Å². The summed E-state index contributed by atoms with van der Waals surface area (Å²) in [7, 11) is 0. The maximum atomic E-state index is 12.6. The highest BCUT2D eigenvalue weighted by Crippen LogP contribution is 2.25. The number of primary amides is 1. The van der Waals surface area contributed by atoms with Gasteiger partial charge in [-0.3, -0.25) is 19.9 Å². The van der Waals surface area contributed by atoms with Crippen LogP contribution in [0.4, 0.5) is 5.69 Å². The molecule has 170 valence electrons. The van der Waals surface area contributed by atoms with E-state index < -0.39 is 11.8 Å². The summed E-state index contributed by atoms with van der Waals surface area (Å²) in [5.74, 6) is -1.11. The van der Waals surface area contributed by atoms with Gasteiger partial charge in [0, 0.05) is 11.3 Å². The van der Waals surface area contributed by atoms with Crippen LogP contribution in [0.1, 0.15) is 24.0 Å². The summed E-state index contributed by atoms with van der Waals surface area (Å²) in [6.07, 6.45) is 2.06. The first-order valence-corrected chi connectivity index (χ1v) is 10.9. The summed E-state index contributed by atoms with van der Waals surface area (Å²) >= 11 is 0. The van der Waals surface area contributed by atoms with Gasteiger partial charge < -0.3 is 21.5 Å². The Bertz CT molecular complexity index is 1190. The quantitative estimate of drug-likeness (QED) is 0.262. The molecule has 8 heteroatoms. The van der Waals surface area contributed by atoms with Crippen LogP contribution in [-0.2, 0) is 16.1 Å². The second-order valence-electron chi connectivity index (χ2n) is 8.13. The maximum absolute atomic E-state index is 12.6. The number of carbonyl (C=O) groups excluding carboxylic acids is 2. The first-order chi connectivity index (χ1) is 15.9. The number of nitrogens with two attached hydrogens (primary N) is 2. The van der Waals surface area contributed by atoms with Crippen molar-refractivity contribution in [2.75, 3.05) is 18.0 Å². The Morgan fingerprint density at radius 1 is 0.970 bits per heavy atom. The molecule has 8 nitrogen and oxygen atoms in total. The van der Waals surface area contributed by atoms with Gasteiger partial charge in [-0.15, -0.1) is 0 Å². The fraction of sp³-hybridized carbons (Fsp3) is 0.240. The first kappa shape index (κ1) is 22.3. The fourth-order valence-corrected chi connectivity index (χ4v) is 3.97. The van der Waals surface area contributed by atoms with E-state index in [9.17, 15) is 9.59 Å². The number of hydrogen-bond acceptors (Lipinski definition) is 5. The molecule has 0 bridgehead atoms. The molecule has 6 N–H and O–H groups in total. The maximum Gasteiger partial charge on any atom is 0.316 e. The number of piperidine rings is 1. The predicted octanol–water partition coefficient (Wildman–Crippen LogP) is 2.27. The topological polar surface area (TPSA) is 135 Å². The zero-order chi connectivity index (χ0) is 23.4. The Balaban J connectivity index is 1.58. The highest BCUT2D eigenvalue weighted by atomic mass is 16.5. The number of amides is 2. The monoisotopic (exact) mass is 445 g/mol. The van der Waals surface area contributed by atoms with Crippen LogP contribution >= 0.6 is 0 Å². The Kier molecular flexibility index (Phi) is 6.55. The number of benzene rings is 3. The van der Waals surface area contributed by atoms with Crippen LogP contribution < -0.4 is 26.4 Å². The lowest BCUT2D eigenvalue weighted by Crippen LogP contribution is -2.40. The third-order valence-electron chi connectivity index (χ3n) is 5.75. The van der Waals surface area contributed by atoms with Crippen molar-refractivity contribution >= 4 is 34.1 Å². The van der Waals surface area contributed by atoms with E-state index in [4.69, 9.17) is 21.6 Å². The summed E-state index contributed by atoms with van der Waals surface area (Å²) in [6.45, 7) is 2.03. The number of ether oxygens (including phenoxy) is 1. The van der Waals surface area contributed by atoms with Crippen LogP contribution in [0.5, 0.6) is 5.75 Å². The Hall–Kier alpha value is -3.91. The molecule has 33 heavy (non-hydrogen) atoms. The number of amidine groups is 1. The number of rotatable bonds is 6. The molecular weight excluding hydrogens is 418 g/mol. The highest BCUT2D eigenvalue weighted by Gasteiger charge is 2.22. The van der Waals surface area contributed by atoms with Crippen molar-refractivity contribution in [2.24, 2.45) is 11.5 Å². The molecule has 0 aliphatic carbocycles. The third kappa shape index (κ3) is 5.30. The molecule has 2 amide bonds. The van der Waals surface area contributed by atoms with E-state index in [-0.39, 0.29) is 18.5 Å². The molecule has 4 rings (SSSR count). The molecule has 0 radical (unpaired) electrons. The molecule has 1 saturated heterocycles. The highest BCUT2D eigenvalue weighted by molar-refractivity contribution is 6.39. The average Bonchev–Trinajstić information content (AvgIpc) is 2.83. The lowest BCUT2D eigenvalue weighted by Gasteiger charge is -2.25. The average molecular weight is 446 g/mol. The Labute approximate surface area is 192 Å². The summed E-state index contributed by atoms with van der Waals surface area (Å²) in [5, 5.41) is 12.8. The normalized spacial score (nSPS) is 14.1. The lowest BCUT2D eigenvalue weighted by molar-refractivity contribution is -0.135. The zero-order valence-corrected chi connectivity index (χ0v) is 18.2. The van der Waals surface area contributed by atoms with E-state index in [0.717, 1.165) is 48.0 Å². The number of carbonyl (C=O) groups is 2. The summed E-state index contributed by atoms with van der Waals surface area (Å²) in [4.78, 5) is 25.7. The minimum absolute atomic E-state index is 0.0142. The molecule has 0 aromatic heterocycles. The van der Waals surface area contributed by atoms with Gasteiger partial charge in [0.05, 0.1) is 6.54 Å². The lowest BCUT2D eigenvalue weighted by atomic mass is 10.0. The van der Waals surface area contributed by atoms with Crippen molar-refractivity contribution in [3.8, 4) is 5.75 Å². The van der Waals surface area contributed by atoms with Crippen molar-refractivity contribution in [3.05, 3.63) is 71.8 Å². The van der Waals surface area contributed by atoms with Gasteiger partial charge in [-0.25, -0.2) is 0 Å². The van der Waals surface area contributed by atoms with E-state index in [0.29, 0.717) is 11.3 Å². The van der Waals surface area contributed by atoms with Gasteiger partial charge in [0.2, 0.25) is 0 Å². The summed E-state index contributed by atoms with van der Waals surface area (Å²) < 4.78 is 6.03. The second-order valence-corrected chi connectivity index (χ2v) is 8.13. The largest absolute Gasteiger partial charge is 0.490 e. The molecule has 3 aromatic rings. The molecule has 1 heterocycles. The van der Waals surface area contributed by atoms with Crippen LogP contribution in [-0.4, -0.2) is 36.8 Å². The molecule has 0 saturated carbocycles. The van der Waals surface area contributed by atoms with Crippen molar-refractivity contribution in [2.45, 2.75) is 25.5 Å². The molecule has 1 aliphatic heterocycles. The molecule has 3 aromatic carbocycles. The number of anilines is 1. The second kappa shape index (κ2) is 9.70. The molecule has 0 unspecified atom stereocenters. The van der Waals surface area contributed by atoms with Gasteiger partial charge in [-0.1, -0.05) is 24.3 Å². The van der Waals surface area contributed by atoms with Gasteiger partial charge in [0.15, 0.2) is 0 Å². The van der Waals surface area contributed by atoms with Gasteiger partial charge in [-0.2, -0.15) is 0 Å². The smallest absolute Gasteiger partial charge is 0.316 e. The fourth-order valence-electron chi connectivity index (χ4n) is 3.97. The van der Waals surface area contributed by atoms with Crippen LogP contribution in [0.15, 0.2) is 60.7 Å². The van der Waals surface area contributed by atoms with E-state index in [1.54, 1.807) is 30.3 Å². The predicted molar refractivity (Wildman–Crippen MR) is 128 cm³/mol. The number of nitrogens with one attached hydrogen (secondary N) is 2. The van der Waals surface area contributed by atoms with Crippen LogP contribution in [0.25, 0.3) is 10.8 Å². The molecule has 0 atom stereocenters. The van der Waals surface area contributed by atoms with Gasteiger partial charge in [0.1, 0.15) is 17.7 Å². The van der Waals surface area contributed by atoms with Crippen molar-refractivity contribution < 1.29 is 14.3 Å². The Morgan fingerprint density at radius 3 is 2.33 bits per heavy atom. The molecule has 1 aliphatic rings. The Morgan fingerprint density at radius 2 is 1.67 bits per heavy atom. The van der Waals surface area contributed by atoms with Gasteiger partial charge in [-0.05, 0) is 78.7 Å². The number of fused-ring (bicyclic) bond motifs is 1. The van der Waals surface area contributed by atoms with E-state index >= 15 is 0 Å². The minimum atomic E-state index is -1.02. The van der Waals surface area contributed by atoms with Crippen molar-refractivity contribution in [1.82, 2.24) is 5.32 Å². The zero-order valence-electron chi connectivity index (χ0n) is 18.2. The summed E-state index contributed by atoms with van der Waals surface area (Å²) in [6, 6.07) is 18.4. The van der Waals surface area contributed by atoms with Crippen molar-refractivity contribution in [1.29, 1.82) is 5.41 Å². The standard InChI is InChI=1S/C25H27N5O3/c26-23(27)18-4-3-17-2-1-16(13-19(17)14-18)15-30(25(32)24(28)31)20-5-7-21(8-6-20)33-22-9-11-29-12-10-22/h1-8,13-14,22,29H,9-12,15H2,(H3,26,27)(H2,28,31). The van der Waals surface area contributed by atoms with E-state index in [1.807, 2.05) is 30.3 Å². The van der Waals surface area contributed by atoms with Crippen LogP contribution in [0, 0.1) is 5.41 Å². The summed E-state index contributed by atoms with van der Waals surface area (Å²) in [5.41, 5.74) is 12.9. The number of nitrogen functional groups attached to an aromatic ring is 1. The number of nitrogens with zero attached hydrogens (tertiary/aromatic N) is 1. The third-order valence-corrected chi connectivity index (χ3v) is 5.75. The number of hydrogen-bond donors (Lipinski definition) is 4. The first-order valence-electron chi connectivity index (χ1n) is 10.9. The van der Waals surface area contributed by atoms with Gasteiger partial charge in [0.25, 0.3) is 0 Å². The van der Waals surface area contributed by atoms with E-state index in [1.165, 1.54) is 4.90 Å². The molecular formula is C25H27N5O3. The minimum Gasteiger partial charge on any atom is -0.490 e. The van der Waals surface area contributed by atoms with Crippen molar-refractivity contribution in [3.63, 3.8) is 0 Å². The van der Waals surface area contributed by atoms with Crippen LogP contribution in [0.3, 0.4) is 0 Å². The van der Waals surface area contributed by atoms with E-state index in [2.05, 4.69) is 5.32 Å². The van der Waals surface area contributed by atoms with Crippen LogP contribution in [0.2, 0.25) is 0 Å². The SMILES string of the molecule is N=C(N)c1ccc2ccc(CN(C(=O)C(N)=O)c3ccc(OC4CCNCC4)cc3)cc2c1.